The predicted molar refractivity (Wildman–Crippen MR) is 86.4 cm³/mol. The summed E-state index contributed by atoms with van der Waals surface area (Å²) < 4.78 is 5.84. The van der Waals surface area contributed by atoms with Crippen LogP contribution in [0.4, 0.5) is 0 Å². The molecule has 0 saturated heterocycles. The van der Waals surface area contributed by atoms with E-state index in [1.54, 1.807) is 0 Å². The van der Waals surface area contributed by atoms with Crippen LogP contribution < -0.4 is 15.8 Å². The molecule has 2 atom stereocenters. The normalized spacial score (nSPS) is 13.9. The van der Waals surface area contributed by atoms with E-state index in [2.05, 4.69) is 19.2 Å². The van der Waals surface area contributed by atoms with Crippen LogP contribution in [0.1, 0.15) is 38.3 Å². The number of nitrogens with two attached hydrogens (primary N) is 1. The van der Waals surface area contributed by atoms with E-state index in [0.29, 0.717) is 18.9 Å². The minimum atomic E-state index is -0.451. The fraction of sp³-hybridized carbons (Fsp3) is 0.588. The summed E-state index contributed by atoms with van der Waals surface area (Å²) in [5, 5.41) is 2.91. The highest BCUT2D eigenvalue weighted by Gasteiger charge is 2.17. The highest BCUT2D eigenvalue weighted by atomic mass is 16.5. The van der Waals surface area contributed by atoms with Crippen molar-refractivity contribution in [1.29, 1.82) is 0 Å². The van der Waals surface area contributed by atoms with Gasteiger partial charge in [0.25, 0.3) is 0 Å². The average molecular weight is 292 g/mol. The zero-order valence-electron chi connectivity index (χ0n) is 13.8. The number of carbonyl (C=O) groups excluding carboxylic acids is 1. The first-order valence-electron chi connectivity index (χ1n) is 7.56. The Morgan fingerprint density at radius 1 is 1.24 bits per heavy atom. The van der Waals surface area contributed by atoms with Gasteiger partial charge in [0.1, 0.15) is 12.4 Å². The molecule has 0 aliphatic carbocycles. The smallest absolute Gasteiger partial charge is 0.237 e. The fourth-order valence-corrected chi connectivity index (χ4v) is 2.24. The fourth-order valence-electron chi connectivity index (χ4n) is 2.24. The molecule has 0 heterocycles. The quantitative estimate of drug-likeness (QED) is 0.812. The molecule has 1 rings (SSSR count). The molecule has 21 heavy (non-hydrogen) atoms. The summed E-state index contributed by atoms with van der Waals surface area (Å²) in [6, 6.07) is 5.52. The number of benzene rings is 1. The molecule has 1 unspecified atom stereocenters. The summed E-state index contributed by atoms with van der Waals surface area (Å²) in [4.78, 5) is 11.9. The van der Waals surface area contributed by atoms with E-state index in [4.69, 9.17) is 10.5 Å². The number of carbonyl (C=O) groups is 1. The Kier molecular flexibility index (Phi) is 6.69. The van der Waals surface area contributed by atoms with E-state index in [1.807, 2.05) is 39.0 Å². The van der Waals surface area contributed by atoms with Crippen molar-refractivity contribution in [3.63, 3.8) is 0 Å². The molecule has 0 spiro atoms. The molecule has 0 aromatic heterocycles. The van der Waals surface area contributed by atoms with Gasteiger partial charge in [-0.25, -0.2) is 0 Å². The maximum absolute atomic E-state index is 11.9. The summed E-state index contributed by atoms with van der Waals surface area (Å²) in [6.45, 7) is 10.5. The zero-order chi connectivity index (χ0) is 16.0. The Hall–Kier alpha value is -1.55. The van der Waals surface area contributed by atoms with Crippen LogP contribution >= 0.6 is 0 Å². The Labute approximate surface area is 128 Å². The zero-order valence-corrected chi connectivity index (χ0v) is 13.8. The summed E-state index contributed by atoms with van der Waals surface area (Å²) in [7, 11) is 0. The number of aryl methyl sites for hydroxylation is 2. The Morgan fingerprint density at radius 3 is 2.33 bits per heavy atom. The molecule has 118 valence electrons. The summed E-state index contributed by atoms with van der Waals surface area (Å²) in [5.41, 5.74) is 8.07. The number of rotatable bonds is 7. The van der Waals surface area contributed by atoms with E-state index in [1.165, 1.54) is 0 Å². The Balaban J connectivity index is 2.47. The molecule has 0 aliphatic rings. The van der Waals surface area contributed by atoms with Gasteiger partial charge in [-0.2, -0.15) is 0 Å². The molecule has 0 radical (unpaired) electrons. The van der Waals surface area contributed by atoms with Gasteiger partial charge in [-0.3, -0.25) is 4.79 Å². The molecule has 1 aromatic carbocycles. The largest absolute Gasteiger partial charge is 0.491 e. The first kappa shape index (κ1) is 17.5. The van der Waals surface area contributed by atoms with Crippen LogP contribution in [0, 0.1) is 19.8 Å². The molecule has 1 aromatic rings. The minimum Gasteiger partial charge on any atom is -0.491 e. The van der Waals surface area contributed by atoms with Crippen LogP contribution in [0.5, 0.6) is 5.75 Å². The number of amides is 1. The van der Waals surface area contributed by atoms with Gasteiger partial charge in [0.2, 0.25) is 5.91 Å². The third-order valence-electron chi connectivity index (χ3n) is 3.34. The van der Waals surface area contributed by atoms with Crippen molar-refractivity contribution in [2.75, 3.05) is 6.61 Å². The van der Waals surface area contributed by atoms with E-state index in [0.717, 1.165) is 16.9 Å². The molecule has 0 saturated carbocycles. The second-order valence-corrected chi connectivity index (χ2v) is 6.18. The molecule has 4 heteroatoms. The average Bonchev–Trinajstić information content (AvgIpc) is 2.37. The molecule has 3 N–H and O–H groups in total. The summed E-state index contributed by atoms with van der Waals surface area (Å²) in [6.07, 6.45) is 0.691. The van der Waals surface area contributed by atoms with Gasteiger partial charge in [0, 0.05) is 0 Å². The lowest BCUT2D eigenvalue weighted by atomic mass is 10.0. The molecule has 0 fully saturated rings. The standard InChI is InChI=1S/C17H28N2O2/c1-11(2)9-15(18)17(20)19-14(5)10-21-16-12(3)7-6-8-13(16)4/h6-8,11,14-15H,9-10,18H2,1-5H3,(H,19,20)/t14?,15-/m1/s1. The lowest BCUT2D eigenvalue weighted by molar-refractivity contribution is -0.123. The van der Waals surface area contributed by atoms with Crippen LogP contribution in [0.25, 0.3) is 0 Å². The second kappa shape index (κ2) is 8.03. The van der Waals surface area contributed by atoms with E-state index in [9.17, 15) is 4.79 Å². The van der Waals surface area contributed by atoms with Crippen molar-refractivity contribution in [1.82, 2.24) is 5.32 Å². The van der Waals surface area contributed by atoms with Gasteiger partial charge in [0.05, 0.1) is 12.1 Å². The summed E-state index contributed by atoms with van der Waals surface area (Å²) >= 11 is 0. The van der Waals surface area contributed by atoms with Crippen molar-refractivity contribution >= 4 is 5.91 Å². The van der Waals surface area contributed by atoms with E-state index in [-0.39, 0.29) is 11.9 Å². The van der Waals surface area contributed by atoms with Crippen molar-refractivity contribution in [2.24, 2.45) is 11.7 Å². The van der Waals surface area contributed by atoms with Crippen molar-refractivity contribution in [3.05, 3.63) is 29.3 Å². The number of nitrogens with one attached hydrogen (secondary N) is 1. The van der Waals surface area contributed by atoms with Crippen LogP contribution in [-0.2, 0) is 4.79 Å². The first-order chi connectivity index (χ1) is 9.81. The highest BCUT2D eigenvalue weighted by molar-refractivity contribution is 5.81. The highest BCUT2D eigenvalue weighted by Crippen LogP contribution is 2.22. The summed E-state index contributed by atoms with van der Waals surface area (Å²) in [5.74, 6) is 1.19. The van der Waals surface area contributed by atoms with Gasteiger partial charge in [-0.1, -0.05) is 32.0 Å². The Bertz CT molecular complexity index is 452. The molecule has 0 aliphatic heterocycles. The van der Waals surface area contributed by atoms with Crippen LogP contribution in [-0.4, -0.2) is 24.6 Å². The number of ether oxygens (including phenoxy) is 1. The first-order valence-corrected chi connectivity index (χ1v) is 7.56. The molecular weight excluding hydrogens is 264 g/mol. The van der Waals surface area contributed by atoms with E-state index >= 15 is 0 Å². The van der Waals surface area contributed by atoms with Crippen molar-refractivity contribution in [2.45, 2.75) is 53.1 Å². The van der Waals surface area contributed by atoms with Crippen LogP contribution in [0.2, 0.25) is 0 Å². The SMILES string of the molecule is Cc1cccc(C)c1OCC(C)NC(=O)[C@H](N)CC(C)C. The monoisotopic (exact) mass is 292 g/mol. The second-order valence-electron chi connectivity index (χ2n) is 6.18. The molecule has 1 amide bonds. The van der Waals surface area contributed by atoms with Crippen molar-refractivity contribution < 1.29 is 9.53 Å². The number of hydrogen-bond acceptors (Lipinski definition) is 3. The van der Waals surface area contributed by atoms with Gasteiger partial charge in [-0.05, 0) is 44.2 Å². The minimum absolute atomic E-state index is 0.0743. The third kappa shape index (κ3) is 5.76. The van der Waals surface area contributed by atoms with Gasteiger partial charge >= 0.3 is 0 Å². The van der Waals surface area contributed by atoms with E-state index < -0.39 is 6.04 Å². The maximum Gasteiger partial charge on any atom is 0.237 e. The lowest BCUT2D eigenvalue weighted by Crippen LogP contribution is -2.46. The predicted octanol–water partition coefficient (Wildman–Crippen LogP) is 2.56. The molecule has 0 bridgehead atoms. The molecular formula is C17H28N2O2. The molecule has 4 nitrogen and oxygen atoms in total. The number of para-hydroxylation sites is 1. The lowest BCUT2D eigenvalue weighted by Gasteiger charge is -2.20. The maximum atomic E-state index is 11.9. The van der Waals surface area contributed by atoms with Gasteiger partial charge in [0.15, 0.2) is 0 Å². The van der Waals surface area contributed by atoms with Crippen molar-refractivity contribution in [3.8, 4) is 5.75 Å². The topological polar surface area (TPSA) is 64.3 Å². The Morgan fingerprint density at radius 2 is 1.81 bits per heavy atom. The van der Waals surface area contributed by atoms with Crippen LogP contribution in [0.3, 0.4) is 0 Å². The van der Waals surface area contributed by atoms with Crippen LogP contribution in [0.15, 0.2) is 18.2 Å². The number of hydrogen-bond donors (Lipinski definition) is 2. The van der Waals surface area contributed by atoms with Gasteiger partial charge in [-0.15, -0.1) is 0 Å². The third-order valence-corrected chi connectivity index (χ3v) is 3.34. The van der Waals surface area contributed by atoms with Gasteiger partial charge < -0.3 is 15.8 Å².